The van der Waals surface area contributed by atoms with Gasteiger partial charge >= 0.3 is 0 Å². The van der Waals surface area contributed by atoms with Gasteiger partial charge in [0, 0.05) is 21.8 Å². The van der Waals surface area contributed by atoms with Crippen LogP contribution in [0.25, 0.3) is 0 Å². The first-order valence-electron chi connectivity index (χ1n) is 6.14. The van der Waals surface area contributed by atoms with E-state index in [1.54, 1.807) is 19.1 Å². The van der Waals surface area contributed by atoms with Crippen molar-refractivity contribution in [3.63, 3.8) is 0 Å². The Bertz CT molecular complexity index is 819. The van der Waals surface area contributed by atoms with Crippen molar-refractivity contribution in [3.8, 4) is 6.07 Å². The first kappa shape index (κ1) is 15.3. The normalized spacial score (nSPS) is 10.2. The molecule has 0 bridgehead atoms. The van der Waals surface area contributed by atoms with E-state index in [0.717, 1.165) is 0 Å². The number of aromatic nitrogens is 1. The van der Waals surface area contributed by atoms with Crippen molar-refractivity contribution < 1.29 is 4.79 Å². The van der Waals surface area contributed by atoms with Crippen LogP contribution in [0.2, 0.25) is 10.0 Å². The third kappa shape index (κ3) is 2.99. The average molecular weight is 321 g/mol. The molecule has 1 heterocycles. The number of nitrogens with zero attached hydrogens (tertiary/aromatic N) is 1. The van der Waals surface area contributed by atoms with Crippen molar-refractivity contribution in [3.05, 3.63) is 67.0 Å². The van der Waals surface area contributed by atoms with E-state index in [0.29, 0.717) is 17.1 Å². The van der Waals surface area contributed by atoms with Crippen LogP contribution >= 0.6 is 23.2 Å². The lowest BCUT2D eigenvalue weighted by Gasteiger charge is -2.09. The van der Waals surface area contributed by atoms with Crippen LogP contribution in [0.1, 0.15) is 34.1 Å². The third-order valence-electron chi connectivity index (χ3n) is 3.02. The number of rotatable bonds is 3. The molecule has 1 aromatic carbocycles. The van der Waals surface area contributed by atoms with Crippen LogP contribution in [0.3, 0.4) is 0 Å². The number of H-pyrrole nitrogens is 1. The van der Waals surface area contributed by atoms with Gasteiger partial charge in [-0.1, -0.05) is 30.1 Å². The van der Waals surface area contributed by atoms with Crippen LogP contribution in [-0.2, 0) is 6.42 Å². The van der Waals surface area contributed by atoms with Crippen molar-refractivity contribution in [2.75, 3.05) is 0 Å². The van der Waals surface area contributed by atoms with Crippen molar-refractivity contribution in [1.82, 2.24) is 4.98 Å². The second-order valence-electron chi connectivity index (χ2n) is 4.32. The minimum absolute atomic E-state index is 0.111. The number of nitrogens with one attached hydrogen (secondary N) is 1. The standard InChI is InChI=1S/C15H10Cl2N2O2/c1-2-13-11(5-8(7-18)15(21)19-13)14(20)10-4-3-9(16)6-12(10)17/h3-6H,2H2,1H3,(H,19,21). The molecule has 0 amide bonds. The Labute approximate surface area is 130 Å². The highest BCUT2D eigenvalue weighted by Crippen LogP contribution is 2.24. The smallest absolute Gasteiger partial charge is 0.266 e. The first-order chi connectivity index (χ1) is 9.97. The Morgan fingerprint density at radius 2 is 2.00 bits per heavy atom. The maximum atomic E-state index is 12.6. The van der Waals surface area contributed by atoms with E-state index in [2.05, 4.69) is 4.98 Å². The van der Waals surface area contributed by atoms with Gasteiger partial charge in [0.1, 0.15) is 11.6 Å². The monoisotopic (exact) mass is 320 g/mol. The van der Waals surface area contributed by atoms with Crippen molar-refractivity contribution in [1.29, 1.82) is 5.26 Å². The van der Waals surface area contributed by atoms with Crippen LogP contribution in [0, 0.1) is 11.3 Å². The lowest BCUT2D eigenvalue weighted by molar-refractivity contribution is 0.103. The Balaban J connectivity index is 2.63. The lowest BCUT2D eigenvalue weighted by atomic mass is 9.99. The van der Waals surface area contributed by atoms with E-state index in [1.807, 2.05) is 0 Å². The van der Waals surface area contributed by atoms with Gasteiger partial charge in [0.25, 0.3) is 5.56 Å². The summed E-state index contributed by atoms with van der Waals surface area (Å²) in [5.74, 6) is -0.360. The highest BCUT2D eigenvalue weighted by atomic mass is 35.5. The molecular formula is C15H10Cl2N2O2. The van der Waals surface area contributed by atoms with E-state index in [1.165, 1.54) is 18.2 Å². The molecule has 0 atom stereocenters. The highest BCUT2D eigenvalue weighted by Gasteiger charge is 2.18. The minimum atomic E-state index is -0.506. The molecule has 0 aliphatic carbocycles. The SMILES string of the molecule is CCc1[nH]c(=O)c(C#N)cc1C(=O)c1ccc(Cl)cc1Cl. The molecule has 0 aliphatic rings. The summed E-state index contributed by atoms with van der Waals surface area (Å²) in [7, 11) is 0. The lowest BCUT2D eigenvalue weighted by Crippen LogP contribution is -2.18. The fraction of sp³-hybridized carbons (Fsp3) is 0.133. The summed E-state index contributed by atoms with van der Waals surface area (Å²) in [6.07, 6.45) is 0.452. The van der Waals surface area contributed by atoms with Gasteiger partial charge in [-0.05, 0) is 30.7 Å². The zero-order valence-electron chi connectivity index (χ0n) is 11.0. The Kier molecular flexibility index (Phi) is 4.46. The summed E-state index contributed by atoms with van der Waals surface area (Å²) >= 11 is 11.8. The number of carbonyl (C=O) groups is 1. The van der Waals surface area contributed by atoms with E-state index in [-0.39, 0.29) is 27.5 Å². The first-order valence-corrected chi connectivity index (χ1v) is 6.89. The number of benzene rings is 1. The largest absolute Gasteiger partial charge is 0.324 e. The minimum Gasteiger partial charge on any atom is -0.324 e. The van der Waals surface area contributed by atoms with Crippen LogP contribution in [0.5, 0.6) is 0 Å². The zero-order chi connectivity index (χ0) is 15.6. The van der Waals surface area contributed by atoms with Crippen molar-refractivity contribution in [2.24, 2.45) is 0 Å². The maximum absolute atomic E-state index is 12.6. The average Bonchev–Trinajstić information content (AvgIpc) is 2.46. The molecule has 0 unspecified atom stereocenters. The summed E-state index contributed by atoms with van der Waals surface area (Å²) in [6.45, 7) is 1.80. The molecule has 21 heavy (non-hydrogen) atoms. The number of pyridine rings is 1. The Morgan fingerprint density at radius 3 is 2.57 bits per heavy atom. The molecule has 2 rings (SSSR count). The molecule has 2 aromatic rings. The number of halogens is 2. The van der Waals surface area contributed by atoms with Gasteiger partial charge in [0.2, 0.25) is 0 Å². The maximum Gasteiger partial charge on any atom is 0.266 e. The van der Waals surface area contributed by atoms with Crippen molar-refractivity contribution in [2.45, 2.75) is 13.3 Å². The number of ketones is 1. The number of hydrogen-bond donors (Lipinski definition) is 1. The predicted molar refractivity (Wildman–Crippen MR) is 81.1 cm³/mol. The van der Waals surface area contributed by atoms with Gasteiger partial charge in [-0.25, -0.2) is 0 Å². The van der Waals surface area contributed by atoms with Gasteiger partial charge in [-0.15, -0.1) is 0 Å². The molecule has 1 aromatic heterocycles. The quantitative estimate of drug-likeness (QED) is 0.881. The molecule has 1 N–H and O–H groups in total. The third-order valence-corrected chi connectivity index (χ3v) is 3.57. The topological polar surface area (TPSA) is 73.7 Å². The summed E-state index contributed by atoms with van der Waals surface area (Å²) in [5.41, 5.74) is 0.383. The van der Waals surface area contributed by atoms with Gasteiger partial charge in [-0.3, -0.25) is 9.59 Å². The molecule has 0 saturated heterocycles. The Morgan fingerprint density at radius 1 is 1.29 bits per heavy atom. The van der Waals surface area contributed by atoms with E-state index < -0.39 is 5.56 Å². The van der Waals surface area contributed by atoms with Crippen LogP contribution in [0.15, 0.2) is 29.1 Å². The zero-order valence-corrected chi connectivity index (χ0v) is 12.5. The summed E-state index contributed by atoms with van der Waals surface area (Å²) < 4.78 is 0. The van der Waals surface area contributed by atoms with Crippen LogP contribution in [0.4, 0.5) is 0 Å². The molecule has 4 nitrogen and oxygen atoms in total. The number of hydrogen-bond acceptors (Lipinski definition) is 3. The summed E-state index contributed by atoms with van der Waals surface area (Å²) in [5, 5.41) is 9.57. The molecule has 0 fully saturated rings. The van der Waals surface area contributed by atoms with E-state index >= 15 is 0 Å². The van der Waals surface area contributed by atoms with Gasteiger partial charge in [-0.2, -0.15) is 5.26 Å². The second-order valence-corrected chi connectivity index (χ2v) is 5.17. The Hall–Kier alpha value is -2.09. The number of carbonyl (C=O) groups excluding carboxylic acids is 1. The number of aromatic amines is 1. The van der Waals surface area contributed by atoms with Gasteiger partial charge < -0.3 is 4.98 Å². The van der Waals surface area contributed by atoms with Gasteiger partial charge in [0.15, 0.2) is 5.78 Å². The number of aryl methyl sites for hydroxylation is 1. The fourth-order valence-corrected chi connectivity index (χ4v) is 2.45. The molecule has 106 valence electrons. The second kappa shape index (κ2) is 6.13. The summed E-state index contributed by atoms with van der Waals surface area (Å²) in [6, 6.07) is 7.61. The molecular weight excluding hydrogens is 311 g/mol. The molecule has 6 heteroatoms. The molecule has 0 saturated carbocycles. The van der Waals surface area contributed by atoms with Gasteiger partial charge in [0.05, 0.1) is 5.02 Å². The van der Waals surface area contributed by atoms with Crippen molar-refractivity contribution >= 4 is 29.0 Å². The fourth-order valence-electron chi connectivity index (χ4n) is 1.95. The highest BCUT2D eigenvalue weighted by molar-refractivity contribution is 6.37. The predicted octanol–water partition coefficient (Wildman–Crippen LogP) is 3.35. The van der Waals surface area contributed by atoms with E-state index in [9.17, 15) is 9.59 Å². The van der Waals surface area contributed by atoms with Crippen LogP contribution in [-0.4, -0.2) is 10.8 Å². The molecule has 0 aliphatic heterocycles. The van der Waals surface area contributed by atoms with E-state index in [4.69, 9.17) is 28.5 Å². The molecule has 0 spiro atoms. The summed E-state index contributed by atoms with van der Waals surface area (Å²) in [4.78, 5) is 26.8. The van der Waals surface area contributed by atoms with Crippen LogP contribution < -0.4 is 5.56 Å². The molecule has 0 radical (unpaired) electrons. The number of nitriles is 1.